The number of rotatable bonds is 9. The van der Waals surface area contributed by atoms with Crippen molar-refractivity contribution < 1.29 is 13.4 Å². The highest BCUT2D eigenvalue weighted by atomic mass is 19.1. The van der Waals surface area contributed by atoms with Gasteiger partial charge in [0.05, 0.1) is 11.3 Å². The van der Waals surface area contributed by atoms with Gasteiger partial charge in [0.15, 0.2) is 0 Å². The first-order valence-corrected chi connectivity index (χ1v) is 13.6. The van der Waals surface area contributed by atoms with Gasteiger partial charge in [-0.1, -0.05) is 0 Å². The van der Waals surface area contributed by atoms with Gasteiger partial charge >= 0.3 is 5.63 Å². The highest BCUT2D eigenvalue weighted by Gasteiger charge is 2.16. The lowest BCUT2D eigenvalue weighted by Crippen LogP contribution is -2.33. The Morgan fingerprint density at radius 1 is 1.03 bits per heavy atom. The molecule has 0 aliphatic carbocycles. The minimum absolute atomic E-state index is 0.250. The van der Waals surface area contributed by atoms with Crippen molar-refractivity contribution in [1.82, 2.24) is 4.90 Å². The Labute approximate surface area is 223 Å². The average molecular weight is 516 g/mol. The molecule has 2 aromatic heterocycles. The first kappa shape index (κ1) is 25.9. The lowest BCUT2D eigenvalue weighted by atomic mass is 10.1. The zero-order chi connectivity index (χ0) is 26.6. The lowest BCUT2D eigenvalue weighted by molar-refractivity contribution is -0.646. The van der Waals surface area contributed by atoms with E-state index in [-0.39, 0.29) is 11.4 Å². The zero-order valence-electron chi connectivity index (χ0n) is 22.5. The van der Waals surface area contributed by atoms with Gasteiger partial charge in [-0.2, -0.15) is 4.57 Å². The van der Waals surface area contributed by atoms with E-state index in [0.29, 0.717) is 23.4 Å². The van der Waals surface area contributed by atoms with Crippen LogP contribution in [-0.4, -0.2) is 44.2 Å². The molecule has 1 aliphatic rings. The molecule has 1 aliphatic heterocycles. The number of hydrogen-bond acceptors (Lipinski definition) is 5. The summed E-state index contributed by atoms with van der Waals surface area (Å²) in [4.78, 5) is 17.4. The van der Waals surface area contributed by atoms with Crippen LogP contribution in [0.15, 0.2) is 57.7 Å². The molecule has 5 rings (SSSR count). The van der Waals surface area contributed by atoms with E-state index in [4.69, 9.17) is 4.42 Å². The summed E-state index contributed by atoms with van der Waals surface area (Å²) < 4.78 is 22.4. The normalized spacial score (nSPS) is 14.2. The molecule has 0 atom stereocenters. The number of nitrogens with zero attached hydrogens (tertiary/aromatic N) is 3. The molecule has 1 fully saturated rings. The van der Waals surface area contributed by atoms with Crippen molar-refractivity contribution in [1.29, 1.82) is 0 Å². The fourth-order valence-corrected chi connectivity index (χ4v) is 5.28. The van der Waals surface area contributed by atoms with Crippen LogP contribution in [0.5, 0.6) is 0 Å². The topological polar surface area (TPSA) is 52.6 Å². The molecule has 6 nitrogen and oxygen atoms in total. The molecule has 0 saturated carbocycles. The van der Waals surface area contributed by atoms with Gasteiger partial charge in [-0.25, -0.2) is 9.18 Å². The summed E-state index contributed by atoms with van der Waals surface area (Å²) >= 11 is 0. The molecule has 0 unspecified atom stereocenters. The molecule has 7 heteroatoms. The summed E-state index contributed by atoms with van der Waals surface area (Å²) in [6.07, 6.45) is 6.17. The number of pyridine rings is 1. The molecule has 0 bridgehead atoms. The third-order valence-corrected chi connectivity index (χ3v) is 7.55. The van der Waals surface area contributed by atoms with E-state index in [1.165, 1.54) is 12.8 Å². The molecule has 0 amide bonds. The van der Waals surface area contributed by atoms with Crippen LogP contribution < -0.4 is 20.4 Å². The van der Waals surface area contributed by atoms with Crippen LogP contribution in [0.2, 0.25) is 0 Å². The maximum absolute atomic E-state index is 14.8. The number of halogens is 1. The molecular weight excluding hydrogens is 479 g/mol. The van der Waals surface area contributed by atoms with Crippen molar-refractivity contribution in [2.75, 3.05) is 49.5 Å². The van der Waals surface area contributed by atoms with Crippen molar-refractivity contribution in [3.63, 3.8) is 0 Å². The summed E-state index contributed by atoms with van der Waals surface area (Å²) in [5.41, 5.74) is 4.04. The average Bonchev–Trinajstić information content (AvgIpc) is 3.43. The molecular formula is C31H36FN4O2+. The smallest absolute Gasteiger partial charge is 0.343 e. The van der Waals surface area contributed by atoms with Crippen LogP contribution in [0.25, 0.3) is 34.0 Å². The van der Waals surface area contributed by atoms with E-state index in [2.05, 4.69) is 35.0 Å². The third-order valence-electron chi connectivity index (χ3n) is 7.55. The molecule has 1 N–H and O–H groups in total. The minimum Gasteiger partial charge on any atom is -0.422 e. The molecule has 2 aromatic carbocycles. The molecule has 0 radical (unpaired) electrons. The number of fused-ring (bicyclic) bond motifs is 2. The molecule has 3 heterocycles. The SMILES string of the molecule is CCN(CC)c1ccc2cc(/C=C/c3ccc4cc(F)c(NCCN5CCCC5)cc4[n+]3C)c(=O)oc2c1. The summed E-state index contributed by atoms with van der Waals surface area (Å²) in [5.74, 6) is -0.250. The Morgan fingerprint density at radius 2 is 1.79 bits per heavy atom. The van der Waals surface area contributed by atoms with E-state index in [1.54, 1.807) is 12.1 Å². The van der Waals surface area contributed by atoms with Gasteiger partial charge < -0.3 is 19.5 Å². The Hall–Kier alpha value is -3.71. The van der Waals surface area contributed by atoms with Crippen LogP contribution in [-0.2, 0) is 7.05 Å². The van der Waals surface area contributed by atoms with Gasteiger partial charge in [-0.3, -0.25) is 0 Å². The summed E-state index contributed by atoms with van der Waals surface area (Å²) in [6, 6.07) is 15.1. The monoisotopic (exact) mass is 515 g/mol. The van der Waals surface area contributed by atoms with E-state index < -0.39 is 0 Å². The van der Waals surface area contributed by atoms with E-state index in [9.17, 15) is 9.18 Å². The number of likely N-dealkylation sites (tertiary alicyclic amines) is 1. The first-order chi connectivity index (χ1) is 18.5. The standard InChI is InChI=1S/C31H35FN4O2/c1-4-36(5-2)26-13-9-23-18-24(31(37)38-30(23)20-26)10-12-25-11-8-22-19-27(32)28(21-29(22)34(25)3)33-14-17-35-15-6-7-16-35/h8-13,18-21H,4-7,14-17H2,1-3H3/p+1/b12-10+. The van der Waals surface area contributed by atoms with Crippen molar-refractivity contribution >= 4 is 45.4 Å². The number of benzene rings is 2. The van der Waals surface area contributed by atoms with Crippen LogP contribution in [0.3, 0.4) is 0 Å². The second kappa shape index (κ2) is 11.4. The third kappa shape index (κ3) is 5.43. The second-order valence-corrected chi connectivity index (χ2v) is 9.90. The number of hydrogen-bond donors (Lipinski definition) is 1. The van der Waals surface area contributed by atoms with Crippen LogP contribution in [0, 0.1) is 5.82 Å². The number of anilines is 2. The van der Waals surface area contributed by atoms with Crippen LogP contribution in [0.4, 0.5) is 15.8 Å². The van der Waals surface area contributed by atoms with Gasteiger partial charge in [0.1, 0.15) is 18.4 Å². The van der Waals surface area contributed by atoms with Gasteiger partial charge in [0.2, 0.25) is 11.2 Å². The second-order valence-electron chi connectivity index (χ2n) is 9.90. The predicted molar refractivity (Wildman–Crippen MR) is 154 cm³/mol. The Bertz CT molecular complexity index is 1530. The maximum atomic E-state index is 14.8. The molecule has 0 spiro atoms. The van der Waals surface area contributed by atoms with E-state index in [0.717, 1.165) is 60.4 Å². The Morgan fingerprint density at radius 3 is 2.55 bits per heavy atom. The van der Waals surface area contributed by atoms with Gasteiger partial charge in [0.25, 0.3) is 0 Å². The molecule has 198 valence electrons. The first-order valence-electron chi connectivity index (χ1n) is 13.6. The van der Waals surface area contributed by atoms with E-state index in [1.807, 2.05) is 54.1 Å². The molecule has 4 aromatic rings. The lowest BCUT2D eigenvalue weighted by Gasteiger charge is -2.20. The number of nitrogens with one attached hydrogen (secondary N) is 1. The minimum atomic E-state index is -0.375. The summed E-state index contributed by atoms with van der Waals surface area (Å²) in [5, 5.41) is 4.97. The Balaban J connectivity index is 1.39. The Kier molecular flexibility index (Phi) is 7.74. The largest absolute Gasteiger partial charge is 0.422 e. The predicted octanol–water partition coefficient (Wildman–Crippen LogP) is 5.43. The zero-order valence-corrected chi connectivity index (χ0v) is 22.5. The quantitative estimate of drug-likeness (QED) is 0.238. The fourth-order valence-electron chi connectivity index (χ4n) is 5.28. The van der Waals surface area contributed by atoms with Crippen molar-refractivity contribution in [2.24, 2.45) is 7.05 Å². The van der Waals surface area contributed by atoms with Crippen LogP contribution >= 0.6 is 0 Å². The molecule has 1 saturated heterocycles. The van der Waals surface area contributed by atoms with Crippen molar-refractivity contribution in [2.45, 2.75) is 26.7 Å². The van der Waals surface area contributed by atoms with Gasteiger partial charge in [-0.05, 0) is 76.2 Å². The summed E-state index contributed by atoms with van der Waals surface area (Å²) in [6.45, 7) is 9.86. The van der Waals surface area contributed by atoms with Crippen LogP contribution in [0.1, 0.15) is 37.9 Å². The number of aromatic nitrogens is 1. The van der Waals surface area contributed by atoms with E-state index >= 15 is 0 Å². The summed E-state index contributed by atoms with van der Waals surface area (Å²) in [7, 11) is 1.95. The van der Waals surface area contributed by atoms with Gasteiger partial charge in [0, 0.05) is 66.9 Å². The van der Waals surface area contributed by atoms with Crippen molar-refractivity contribution in [3.8, 4) is 0 Å². The van der Waals surface area contributed by atoms with Crippen molar-refractivity contribution in [3.05, 3.63) is 76.0 Å². The molecule has 38 heavy (non-hydrogen) atoms. The fraction of sp³-hybridized carbons (Fsp3) is 0.355. The van der Waals surface area contributed by atoms with Gasteiger partial charge in [-0.15, -0.1) is 0 Å². The highest BCUT2D eigenvalue weighted by molar-refractivity contribution is 5.84. The highest BCUT2D eigenvalue weighted by Crippen LogP contribution is 2.24. The maximum Gasteiger partial charge on any atom is 0.343 e. The number of aryl methyl sites for hydroxylation is 1.